The molecule has 0 fully saturated rings. The molecule has 0 aliphatic heterocycles. The molecule has 0 unspecified atom stereocenters. The van der Waals surface area contributed by atoms with Crippen molar-refractivity contribution in [3.05, 3.63) is 89.6 Å². The van der Waals surface area contributed by atoms with Crippen LogP contribution in [0.1, 0.15) is 62.2 Å². The Morgan fingerprint density at radius 3 is 2.23 bits per heavy atom. The summed E-state index contributed by atoms with van der Waals surface area (Å²) < 4.78 is 5.91. The van der Waals surface area contributed by atoms with Crippen LogP contribution in [0.15, 0.2) is 72.8 Å². The summed E-state index contributed by atoms with van der Waals surface area (Å²) in [5.74, 6) is 1.59. The highest BCUT2D eigenvalue weighted by molar-refractivity contribution is 5.92. The molecule has 0 saturated heterocycles. The van der Waals surface area contributed by atoms with E-state index in [0.29, 0.717) is 36.2 Å². The van der Waals surface area contributed by atoms with Crippen LogP contribution in [0, 0.1) is 5.92 Å². The molecule has 3 aromatic rings. The third-order valence-electron chi connectivity index (χ3n) is 4.55. The van der Waals surface area contributed by atoms with Crippen molar-refractivity contribution in [3.8, 4) is 11.6 Å². The second kappa shape index (κ2) is 13.2. The van der Waals surface area contributed by atoms with Crippen molar-refractivity contribution in [2.24, 2.45) is 5.92 Å². The summed E-state index contributed by atoms with van der Waals surface area (Å²) >= 11 is 0. The SMILES string of the molecule is CC.CC(C)CCCNC(=O)c1cc(Cc2ccccc2)cc(Oc2ccccc2)n1. The Kier molecular flexibility index (Phi) is 10.3. The Morgan fingerprint density at radius 2 is 1.58 bits per heavy atom. The third kappa shape index (κ3) is 8.63. The van der Waals surface area contributed by atoms with Crippen LogP contribution in [0.25, 0.3) is 0 Å². The molecule has 1 aromatic heterocycles. The average Bonchev–Trinajstić information content (AvgIpc) is 2.79. The average molecular weight is 419 g/mol. The van der Waals surface area contributed by atoms with Gasteiger partial charge >= 0.3 is 0 Å². The molecule has 164 valence electrons. The van der Waals surface area contributed by atoms with E-state index >= 15 is 0 Å². The van der Waals surface area contributed by atoms with E-state index in [9.17, 15) is 4.79 Å². The van der Waals surface area contributed by atoms with Gasteiger partial charge in [0.15, 0.2) is 0 Å². The molecule has 4 nitrogen and oxygen atoms in total. The van der Waals surface area contributed by atoms with E-state index in [1.807, 2.05) is 74.5 Å². The van der Waals surface area contributed by atoms with Crippen molar-refractivity contribution >= 4 is 5.91 Å². The number of rotatable bonds is 9. The first-order valence-corrected chi connectivity index (χ1v) is 11.2. The molecule has 0 bridgehead atoms. The lowest BCUT2D eigenvalue weighted by Gasteiger charge is -2.11. The molecule has 4 heteroatoms. The number of benzene rings is 2. The van der Waals surface area contributed by atoms with E-state index in [0.717, 1.165) is 18.4 Å². The quantitative estimate of drug-likeness (QED) is 0.395. The number of aromatic nitrogens is 1. The molecule has 0 atom stereocenters. The molecule has 1 heterocycles. The zero-order chi connectivity index (χ0) is 22.5. The van der Waals surface area contributed by atoms with Gasteiger partial charge in [-0.3, -0.25) is 4.79 Å². The van der Waals surface area contributed by atoms with Crippen molar-refractivity contribution in [2.75, 3.05) is 6.54 Å². The zero-order valence-corrected chi connectivity index (χ0v) is 19.1. The van der Waals surface area contributed by atoms with E-state index in [-0.39, 0.29) is 5.91 Å². The lowest BCUT2D eigenvalue weighted by atomic mass is 10.0. The van der Waals surface area contributed by atoms with Crippen molar-refractivity contribution in [1.82, 2.24) is 10.3 Å². The van der Waals surface area contributed by atoms with Crippen LogP contribution in [0.3, 0.4) is 0 Å². The Morgan fingerprint density at radius 1 is 0.935 bits per heavy atom. The van der Waals surface area contributed by atoms with Crippen molar-refractivity contribution in [1.29, 1.82) is 0 Å². The standard InChI is InChI=1S/C25H28N2O2.C2H6/c1-19(2)10-9-15-26-25(28)23-17-21(16-20-11-5-3-6-12-20)18-24(27-23)29-22-13-7-4-8-14-22;1-2/h3-8,11-14,17-19H,9-10,15-16H2,1-2H3,(H,26,28);1-2H3. The molecule has 0 aliphatic carbocycles. The molecular weight excluding hydrogens is 384 g/mol. The Hall–Kier alpha value is -3.14. The third-order valence-corrected chi connectivity index (χ3v) is 4.55. The molecule has 0 spiro atoms. The minimum absolute atomic E-state index is 0.165. The number of hydrogen-bond acceptors (Lipinski definition) is 3. The topological polar surface area (TPSA) is 51.2 Å². The number of hydrogen-bond donors (Lipinski definition) is 1. The number of ether oxygens (including phenoxy) is 1. The Balaban J connectivity index is 0.00000166. The minimum Gasteiger partial charge on any atom is -0.439 e. The van der Waals surface area contributed by atoms with Gasteiger partial charge in [0.2, 0.25) is 5.88 Å². The van der Waals surface area contributed by atoms with Gasteiger partial charge in [-0.1, -0.05) is 76.2 Å². The summed E-state index contributed by atoms with van der Waals surface area (Å²) in [6, 6.07) is 23.4. The van der Waals surface area contributed by atoms with Gasteiger partial charge in [0.05, 0.1) is 0 Å². The molecule has 0 radical (unpaired) electrons. The number of carbonyl (C=O) groups is 1. The van der Waals surface area contributed by atoms with Crippen LogP contribution in [0.2, 0.25) is 0 Å². The van der Waals surface area contributed by atoms with E-state index in [2.05, 4.69) is 36.3 Å². The lowest BCUT2D eigenvalue weighted by Crippen LogP contribution is -2.25. The summed E-state index contributed by atoms with van der Waals surface area (Å²) in [4.78, 5) is 17.1. The van der Waals surface area contributed by atoms with Gasteiger partial charge in [0.25, 0.3) is 5.91 Å². The number of para-hydroxylation sites is 1. The first-order chi connectivity index (χ1) is 15.1. The van der Waals surface area contributed by atoms with Crippen LogP contribution in [0.5, 0.6) is 11.6 Å². The monoisotopic (exact) mass is 418 g/mol. The van der Waals surface area contributed by atoms with Crippen molar-refractivity contribution in [2.45, 2.75) is 47.0 Å². The zero-order valence-electron chi connectivity index (χ0n) is 19.1. The van der Waals surface area contributed by atoms with Crippen molar-refractivity contribution < 1.29 is 9.53 Å². The van der Waals surface area contributed by atoms with Gasteiger partial charge in [-0.2, -0.15) is 0 Å². The first kappa shape index (κ1) is 24.1. The van der Waals surface area contributed by atoms with Gasteiger partial charge in [-0.05, 0) is 54.5 Å². The minimum atomic E-state index is -0.165. The fraction of sp³-hybridized carbons (Fsp3) is 0.333. The first-order valence-electron chi connectivity index (χ1n) is 11.2. The maximum Gasteiger partial charge on any atom is 0.270 e. The Bertz CT molecular complexity index is 849. The summed E-state index contributed by atoms with van der Waals surface area (Å²) in [5.41, 5.74) is 2.55. The van der Waals surface area contributed by atoms with Crippen LogP contribution < -0.4 is 10.1 Å². The fourth-order valence-corrected chi connectivity index (χ4v) is 3.07. The summed E-state index contributed by atoms with van der Waals surface area (Å²) in [6.45, 7) is 9.02. The molecule has 2 aromatic carbocycles. The van der Waals surface area contributed by atoms with Gasteiger partial charge in [0, 0.05) is 12.6 Å². The summed E-state index contributed by atoms with van der Waals surface area (Å²) in [6.07, 6.45) is 2.76. The predicted molar refractivity (Wildman–Crippen MR) is 128 cm³/mol. The van der Waals surface area contributed by atoms with E-state index in [4.69, 9.17) is 4.74 Å². The predicted octanol–water partition coefficient (Wildman–Crippen LogP) is 6.66. The molecule has 1 amide bonds. The smallest absolute Gasteiger partial charge is 0.270 e. The molecule has 0 aliphatic rings. The highest BCUT2D eigenvalue weighted by atomic mass is 16.5. The van der Waals surface area contributed by atoms with Gasteiger partial charge in [0.1, 0.15) is 11.4 Å². The maximum absolute atomic E-state index is 12.7. The number of nitrogens with zero attached hydrogens (tertiary/aromatic N) is 1. The van der Waals surface area contributed by atoms with E-state index < -0.39 is 0 Å². The molecular formula is C27H34N2O2. The molecule has 3 rings (SSSR count). The van der Waals surface area contributed by atoms with Gasteiger partial charge < -0.3 is 10.1 Å². The van der Waals surface area contributed by atoms with Crippen LogP contribution in [-0.2, 0) is 6.42 Å². The molecule has 31 heavy (non-hydrogen) atoms. The number of pyridine rings is 1. The van der Waals surface area contributed by atoms with Gasteiger partial charge in [-0.25, -0.2) is 4.98 Å². The highest BCUT2D eigenvalue weighted by Crippen LogP contribution is 2.22. The van der Waals surface area contributed by atoms with Crippen LogP contribution in [-0.4, -0.2) is 17.4 Å². The summed E-state index contributed by atoms with van der Waals surface area (Å²) in [5, 5.41) is 2.98. The number of amides is 1. The highest BCUT2D eigenvalue weighted by Gasteiger charge is 2.12. The van der Waals surface area contributed by atoms with E-state index in [1.165, 1.54) is 5.56 Å². The molecule has 0 saturated carbocycles. The number of carbonyl (C=O) groups excluding carboxylic acids is 1. The Labute approximate surface area is 186 Å². The van der Waals surface area contributed by atoms with Crippen LogP contribution in [0.4, 0.5) is 0 Å². The largest absolute Gasteiger partial charge is 0.439 e. The van der Waals surface area contributed by atoms with Crippen molar-refractivity contribution in [3.63, 3.8) is 0 Å². The lowest BCUT2D eigenvalue weighted by molar-refractivity contribution is 0.0946. The van der Waals surface area contributed by atoms with Crippen LogP contribution >= 0.6 is 0 Å². The maximum atomic E-state index is 12.7. The van der Waals surface area contributed by atoms with E-state index in [1.54, 1.807) is 0 Å². The number of nitrogens with one attached hydrogen (secondary N) is 1. The normalized spacial score (nSPS) is 10.2. The summed E-state index contributed by atoms with van der Waals surface area (Å²) in [7, 11) is 0. The fourth-order valence-electron chi connectivity index (χ4n) is 3.07. The second-order valence-corrected chi connectivity index (χ2v) is 7.57. The van der Waals surface area contributed by atoms with Gasteiger partial charge in [-0.15, -0.1) is 0 Å². The second-order valence-electron chi connectivity index (χ2n) is 7.57. The molecule has 1 N–H and O–H groups in total.